The Hall–Kier alpha value is 2.71. The number of phosphoric ester groups is 2. The van der Waals surface area contributed by atoms with E-state index in [1.54, 1.807) is 0 Å². The maximum Gasteiger partial charge on any atom is 2.00 e. The van der Waals surface area contributed by atoms with Crippen LogP contribution in [0.15, 0.2) is 0 Å². The van der Waals surface area contributed by atoms with Crippen LogP contribution in [0.3, 0.4) is 0 Å². The second-order valence-corrected chi connectivity index (χ2v) is 3.74. The largest absolute Gasteiger partial charge is 2.00 e. The van der Waals surface area contributed by atoms with Crippen molar-refractivity contribution in [2.24, 2.45) is 0 Å². The average molecular weight is 501 g/mol. The van der Waals surface area contributed by atoms with Crippen molar-refractivity contribution in [3.8, 4) is 0 Å². The molecule has 0 aromatic heterocycles. The minimum atomic E-state index is -5.13. The third-order valence-electron chi connectivity index (χ3n) is 0.387. The first-order valence-electron chi connectivity index (χ1n) is 2.14. The van der Waals surface area contributed by atoms with Crippen molar-refractivity contribution in [3.05, 3.63) is 0 Å². The fraction of sp³-hybridized carbons (Fsp3) is 0. The Morgan fingerprint density at radius 2 is 1.14 bits per heavy atom. The Balaban J connectivity index is -0.0000000403. The minimum absolute atomic E-state index is 0. The first kappa shape index (κ1) is 21.9. The van der Waals surface area contributed by atoms with Gasteiger partial charge in [0, 0.05) is 0 Å². The first-order chi connectivity index (χ1) is 5.10. The number of carbonyl (C=O) groups is 1. The predicted molar refractivity (Wildman–Crippen MR) is 47.6 cm³/mol. The van der Waals surface area contributed by atoms with E-state index < -0.39 is 21.8 Å². The maximum absolute atomic E-state index is 10.0. The van der Waals surface area contributed by atoms with Crippen molar-refractivity contribution in [2.45, 2.75) is 0 Å². The van der Waals surface area contributed by atoms with Gasteiger partial charge in [0.1, 0.15) is 0 Å². The van der Waals surface area contributed by atoms with E-state index in [0.29, 0.717) is 0 Å². The van der Waals surface area contributed by atoms with Crippen LogP contribution in [0.2, 0.25) is 0 Å². The number of rotatable bonds is 2. The van der Waals surface area contributed by atoms with Gasteiger partial charge in [0.2, 0.25) is 0 Å². The second kappa shape index (κ2) is 8.75. The fourth-order valence-corrected chi connectivity index (χ4v) is 0.733. The summed E-state index contributed by atoms with van der Waals surface area (Å²) in [6, 6.07) is 0. The zero-order valence-electron chi connectivity index (χ0n) is 10.6. The molecule has 0 fully saturated rings. The summed E-state index contributed by atoms with van der Waals surface area (Å²) < 4.78 is 25.9. The van der Waals surface area contributed by atoms with Crippen LogP contribution < -0.4 is 0 Å². The van der Waals surface area contributed by atoms with Crippen molar-refractivity contribution < 1.29 is 48.3 Å². The van der Waals surface area contributed by atoms with Crippen molar-refractivity contribution in [1.82, 2.24) is 0 Å². The molecule has 0 bridgehead atoms. The van der Waals surface area contributed by atoms with E-state index in [4.69, 9.17) is 19.6 Å². The van der Waals surface area contributed by atoms with Crippen LogP contribution in [0.1, 0.15) is 5.71 Å². The number of phosphoric acid groups is 2. The predicted octanol–water partition coefficient (Wildman–Crippen LogP) is -0.987. The van der Waals surface area contributed by atoms with Crippen LogP contribution in [-0.4, -0.2) is 123 Å². The Kier molecular flexibility index (Phi) is 13.7. The molecule has 0 spiro atoms. The molecule has 13 heteroatoms. The van der Waals surface area contributed by atoms with Crippen LogP contribution in [0, 0.1) is 0 Å². The molecule has 0 aromatic rings. The van der Waals surface area contributed by atoms with Gasteiger partial charge in [-0.05, 0) is 0 Å². The van der Waals surface area contributed by atoms with Gasteiger partial charge in [-0.2, -0.15) is 0 Å². The molecule has 0 aliphatic rings. The molecule has 9 nitrogen and oxygen atoms in total. The molecule has 4 N–H and O–H groups in total. The summed E-state index contributed by atoms with van der Waals surface area (Å²) in [6.45, 7) is 0. The monoisotopic (exact) mass is 502 g/mol. The molecule has 80 valence electrons. The summed E-state index contributed by atoms with van der Waals surface area (Å²) in [6.07, 6.45) is -2.14. The number of hydrogen-bond acceptors (Lipinski definition) is 5. The van der Waals surface area contributed by atoms with Gasteiger partial charge in [-0.3, -0.25) is 19.6 Å². The van der Waals surface area contributed by atoms with Crippen LogP contribution in [-0.2, 0) is 18.2 Å². The number of carbonyl (C=O) groups excluding carboxylic acids is 1. The van der Waals surface area contributed by atoms with Gasteiger partial charge in [0.25, 0.3) is 0 Å². The smallest absolute Gasteiger partial charge is 1.00 e. The van der Waals surface area contributed by atoms with Gasteiger partial charge in [-0.15, -0.1) is 0 Å². The summed E-state index contributed by atoms with van der Waals surface area (Å²) in [5.41, 5.74) is 0. The van der Waals surface area contributed by atoms with E-state index >= 15 is 0 Å². The first-order valence-corrected chi connectivity index (χ1v) is 5.20. The Morgan fingerprint density at radius 1 is 0.929 bits per heavy atom. The van der Waals surface area contributed by atoms with E-state index in [-0.39, 0.29) is 103 Å². The molecule has 0 aliphatic heterocycles. The molecular weight excluding hydrogens is 493 g/mol. The van der Waals surface area contributed by atoms with Crippen LogP contribution in [0.25, 0.3) is 0 Å². The summed E-state index contributed by atoms with van der Waals surface area (Å²) in [5, 5.41) is 0. The van der Waals surface area contributed by atoms with Crippen molar-refractivity contribution >= 4 is 120 Å². The van der Waals surface area contributed by atoms with Crippen LogP contribution in [0.4, 0.5) is 4.79 Å². The Morgan fingerprint density at radius 3 is 1.29 bits per heavy atom. The molecule has 0 rings (SSSR count). The molecule has 0 saturated carbocycles. The zero-order valence-corrected chi connectivity index (χ0v) is 17.3. The molecule has 0 radical (unpaired) electrons. The van der Waals surface area contributed by atoms with Crippen molar-refractivity contribution in [2.75, 3.05) is 0 Å². The van der Waals surface area contributed by atoms with E-state index in [9.17, 15) is 13.9 Å². The molecule has 14 heavy (non-hydrogen) atoms. The van der Waals surface area contributed by atoms with Gasteiger partial charge >= 0.3 is 120 Å². The zero-order chi connectivity index (χ0) is 9.99. The topological polar surface area (TPSA) is 151 Å². The molecular formula is CH8Ba2O9P2. The van der Waals surface area contributed by atoms with E-state index in [2.05, 4.69) is 9.05 Å². The average Bonchev–Trinajstić information content (AvgIpc) is 1.49. The van der Waals surface area contributed by atoms with Gasteiger partial charge in [0.15, 0.2) is 0 Å². The third kappa shape index (κ3) is 17.1. The Bertz CT molecular complexity index is 250. The van der Waals surface area contributed by atoms with Crippen LogP contribution in [0.5, 0.6) is 0 Å². The second-order valence-electron chi connectivity index (χ2n) is 1.41. The molecule has 0 atom stereocenters. The standard InChI is InChI=1S/CH4O9P2.2Ba.4H/c2-1(9-11(3,4)5)10-12(6,7)8;;;;;;/h(H2,3,4,5)(H2,6,7,8);;;;;;/q;2*+2;4*-1. The summed E-state index contributed by atoms with van der Waals surface area (Å²) >= 11 is 0. The summed E-state index contributed by atoms with van der Waals surface area (Å²) in [4.78, 5) is 41.7. The summed E-state index contributed by atoms with van der Waals surface area (Å²) in [5.74, 6) is 0. The van der Waals surface area contributed by atoms with E-state index in [0.717, 1.165) is 0 Å². The number of hydrogen-bond donors (Lipinski definition) is 4. The van der Waals surface area contributed by atoms with Crippen molar-refractivity contribution in [3.63, 3.8) is 0 Å². The molecule has 0 aliphatic carbocycles. The molecule has 0 amide bonds. The summed E-state index contributed by atoms with van der Waals surface area (Å²) in [7, 11) is -10.3. The van der Waals surface area contributed by atoms with Gasteiger partial charge in [0.05, 0.1) is 0 Å². The molecule has 0 aromatic carbocycles. The molecule has 0 heterocycles. The molecule has 0 unspecified atom stereocenters. The van der Waals surface area contributed by atoms with Gasteiger partial charge < -0.3 is 14.8 Å². The fourth-order valence-electron chi connectivity index (χ4n) is 0.211. The normalized spacial score (nSPS) is 10.6. The van der Waals surface area contributed by atoms with Crippen molar-refractivity contribution in [1.29, 1.82) is 0 Å². The van der Waals surface area contributed by atoms with Gasteiger partial charge in [-0.25, -0.2) is 13.9 Å². The van der Waals surface area contributed by atoms with E-state index in [1.807, 2.05) is 0 Å². The third-order valence-corrected chi connectivity index (χ3v) is 1.16. The quantitative estimate of drug-likeness (QED) is 0.277. The SMILES string of the molecule is O=C(OP(=O)(O)O)OP(=O)(O)O.[Ba+2].[Ba+2].[H-].[H-].[H-].[H-]. The molecule has 0 saturated heterocycles. The van der Waals surface area contributed by atoms with E-state index in [1.165, 1.54) is 0 Å². The minimum Gasteiger partial charge on any atom is -1.00 e. The van der Waals surface area contributed by atoms with Gasteiger partial charge in [-0.1, -0.05) is 0 Å². The maximum atomic E-state index is 10.0. The Labute approximate surface area is 164 Å². The van der Waals surface area contributed by atoms with Crippen LogP contribution >= 0.6 is 15.6 Å².